The summed E-state index contributed by atoms with van der Waals surface area (Å²) in [6.45, 7) is 2.28. The molecule has 72 valence electrons. The standard InChI is InChI=1S/C9H10Br2O2/c1-6-3-8(11)9(4-7(6)10)13-5-12-2/h3-4H,5H2,1-2H3. The molecule has 1 rings (SSSR count). The molecule has 0 saturated carbocycles. The summed E-state index contributed by atoms with van der Waals surface area (Å²) < 4.78 is 12.1. The number of aryl methyl sites for hydroxylation is 1. The fraction of sp³-hybridized carbons (Fsp3) is 0.333. The number of hydrogen-bond acceptors (Lipinski definition) is 2. The van der Waals surface area contributed by atoms with E-state index in [1.165, 1.54) is 0 Å². The van der Waals surface area contributed by atoms with Gasteiger partial charge < -0.3 is 9.47 Å². The lowest BCUT2D eigenvalue weighted by Crippen LogP contribution is -1.99. The summed E-state index contributed by atoms with van der Waals surface area (Å²) in [4.78, 5) is 0. The number of ether oxygens (including phenoxy) is 2. The molecule has 0 bridgehead atoms. The number of rotatable bonds is 3. The van der Waals surface area contributed by atoms with Crippen LogP contribution in [-0.2, 0) is 4.74 Å². The Morgan fingerprint density at radius 2 is 1.92 bits per heavy atom. The predicted octanol–water partition coefficient (Wildman–Crippen LogP) is 3.50. The van der Waals surface area contributed by atoms with E-state index in [1.54, 1.807) is 7.11 Å². The summed E-state index contributed by atoms with van der Waals surface area (Å²) >= 11 is 6.84. The molecule has 1 aromatic carbocycles. The van der Waals surface area contributed by atoms with E-state index in [0.29, 0.717) is 0 Å². The Morgan fingerprint density at radius 1 is 1.23 bits per heavy atom. The van der Waals surface area contributed by atoms with Gasteiger partial charge in [-0.05, 0) is 40.5 Å². The number of methoxy groups -OCH3 is 1. The van der Waals surface area contributed by atoms with Crippen LogP contribution in [0.15, 0.2) is 21.1 Å². The molecule has 13 heavy (non-hydrogen) atoms. The van der Waals surface area contributed by atoms with Gasteiger partial charge in [-0.3, -0.25) is 0 Å². The van der Waals surface area contributed by atoms with Gasteiger partial charge in [-0.1, -0.05) is 15.9 Å². The molecule has 0 aliphatic carbocycles. The summed E-state index contributed by atoms with van der Waals surface area (Å²) in [5.74, 6) is 0.777. The first-order valence-electron chi connectivity index (χ1n) is 3.72. The maximum absolute atomic E-state index is 5.32. The number of benzene rings is 1. The first kappa shape index (κ1) is 11.0. The van der Waals surface area contributed by atoms with Crippen molar-refractivity contribution in [3.8, 4) is 5.75 Å². The summed E-state index contributed by atoms with van der Waals surface area (Å²) in [7, 11) is 1.59. The van der Waals surface area contributed by atoms with Crippen LogP contribution in [0, 0.1) is 6.92 Å². The molecule has 0 saturated heterocycles. The van der Waals surface area contributed by atoms with Crippen LogP contribution < -0.4 is 4.74 Å². The van der Waals surface area contributed by atoms with E-state index in [2.05, 4.69) is 31.9 Å². The van der Waals surface area contributed by atoms with Gasteiger partial charge in [0.1, 0.15) is 5.75 Å². The van der Waals surface area contributed by atoms with Gasteiger partial charge in [0.2, 0.25) is 0 Å². The van der Waals surface area contributed by atoms with Crippen molar-refractivity contribution in [3.63, 3.8) is 0 Å². The van der Waals surface area contributed by atoms with E-state index < -0.39 is 0 Å². The third-order valence-corrected chi connectivity index (χ3v) is 3.02. The van der Waals surface area contributed by atoms with Gasteiger partial charge in [0.05, 0.1) is 4.47 Å². The van der Waals surface area contributed by atoms with Gasteiger partial charge in [0.15, 0.2) is 6.79 Å². The summed E-state index contributed by atoms with van der Waals surface area (Å²) in [6.07, 6.45) is 0. The molecule has 0 aromatic heterocycles. The Kier molecular flexibility index (Phi) is 4.22. The lowest BCUT2D eigenvalue weighted by molar-refractivity contribution is 0.0505. The molecule has 1 aromatic rings. The van der Waals surface area contributed by atoms with Gasteiger partial charge in [-0.15, -0.1) is 0 Å². The van der Waals surface area contributed by atoms with Crippen molar-refractivity contribution in [2.45, 2.75) is 6.92 Å². The summed E-state index contributed by atoms with van der Waals surface area (Å²) in [5, 5.41) is 0. The van der Waals surface area contributed by atoms with Crippen LogP contribution in [0.25, 0.3) is 0 Å². The molecule has 2 nitrogen and oxygen atoms in total. The largest absolute Gasteiger partial charge is 0.466 e. The quantitative estimate of drug-likeness (QED) is 0.796. The zero-order valence-corrected chi connectivity index (χ0v) is 10.6. The molecule has 4 heteroatoms. The Balaban J connectivity index is 2.88. The molecule has 0 fully saturated rings. The fourth-order valence-electron chi connectivity index (χ4n) is 0.861. The van der Waals surface area contributed by atoms with Crippen molar-refractivity contribution in [2.75, 3.05) is 13.9 Å². The Bertz CT molecular complexity index is 300. The summed E-state index contributed by atoms with van der Waals surface area (Å²) in [6, 6.07) is 3.91. The monoisotopic (exact) mass is 308 g/mol. The molecular formula is C9H10Br2O2. The highest BCUT2D eigenvalue weighted by molar-refractivity contribution is 9.11. The van der Waals surface area contributed by atoms with Crippen LogP contribution in [0.5, 0.6) is 5.75 Å². The Labute approximate surface area is 94.5 Å². The highest BCUT2D eigenvalue weighted by atomic mass is 79.9. The Hall–Kier alpha value is -0.0600. The third-order valence-electron chi connectivity index (χ3n) is 1.55. The van der Waals surface area contributed by atoms with E-state index in [0.717, 1.165) is 20.3 Å². The average Bonchev–Trinajstić information content (AvgIpc) is 2.09. The molecule has 0 aliphatic heterocycles. The van der Waals surface area contributed by atoms with Crippen molar-refractivity contribution in [3.05, 3.63) is 26.6 Å². The van der Waals surface area contributed by atoms with E-state index in [9.17, 15) is 0 Å². The number of hydrogen-bond donors (Lipinski definition) is 0. The van der Waals surface area contributed by atoms with Gasteiger partial charge in [-0.25, -0.2) is 0 Å². The second-order valence-corrected chi connectivity index (χ2v) is 4.29. The highest BCUT2D eigenvalue weighted by Gasteiger charge is 2.04. The molecule has 0 spiro atoms. The second kappa shape index (κ2) is 4.98. The zero-order valence-electron chi connectivity index (χ0n) is 7.43. The van der Waals surface area contributed by atoms with Crippen molar-refractivity contribution in [1.29, 1.82) is 0 Å². The van der Waals surface area contributed by atoms with Crippen LogP contribution in [0.4, 0.5) is 0 Å². The van der Waals surface area contributed by atoms with E-state index in [4.69, 9.17) is 9.47 Å². The SMILES string of the molecule is COCOc1cc(Br)c(C)cc1Br. The molecule has 0 unspecified atom stereocenters. The molecule has 0 aliphatic rings. The molecule has 0 N–H and O–H groups in total. The van der Waals surface area contributed by atoms with E-state index in [-0.39, 0.29) is 6.79 Å². The van der Waals surface area contributed by atoms with Gasteiger partial charge >= 0.3 is 0 Å². The minimum Gasteiger partial charge on any atom is -0.466 e. The van der Waals surface area contributed by atoms with Crippen LogP contribution in [0.1, 0.15) is 5.56 Å². The highest BCUT2D eigenvalue weighted by Crippen LogP contribution is 2.31. The first-order valence-corrected chi connectivity index (χ1v) is 5.31. The van der Waals surface area contributed by atoms with Crippen LogP contribution in [0.2, 0.25) is 0 Å². The second-order valence-electron chi connectivity index (χ2n) is 2.58. The lowest BCUT2D eigenvalue weighted by Gasteiger charge is -2.08. The minimum atomic E-state index is 0.258. The molecule has 0 atom stereocenters. The van der Waals surface area contributed by atoms with Crippen molar-refractivity contribution in [2.24, 2.45) is 0 Å². The maximum atomic E-state index is 5.32. The molecule has 0 radical (unpaired) electrons. The predicted molar refractivity (Wildman–Crippen MR) is 59.1 cm³/mol. The van der Waals surface area contributed by atoms with E-state index in [1.807, 2.05) is 19.1 Å². The van der Waals surface area contributed by atoms with Crippen LogP contribution in [-0.4, -0.2) is 13.9 Å². The third kappa shape index (κ3) is 2.97. The van der Waals surface area contributed by atoms with Crippen molar-refractivity contribution < 1.29 is 9.47 Å². The number of halogens is 2. The fourth-order valence-corrected chi connectivity index (χ4v) is 1.76. The zero-order chi connectivity index (χ0) is 9.84. The van der Waals surface area contributed by atoms with Gasteiger partial charge in [0.25, 0.3) is 0 Å². The van der Waals surface area contributed by atoms with E-state index >= 15 is 0 Å². The summed E-state index contributed by atoms with van der Waals surface area (Å²) in [5.41, 5.74) is 1.16. The van der Waals surface area contributed by atoms with Gasteiger partial charge in [0, 0.05) is 11.6 Å². The maximum Gasteiger partial charge on any atom is 0.188 e. The minimum absolute atomic E-state index is 0.258. The lowest BCUT2D eigenvalue weighted by atomic mass is 10.2. The molecule has 0 heterocycles. The molecular weight excluding hydrogens is 300 g/mol. The topological polar surface area (TPSA) is 18.5 Å². The normalized spacial score (nSPS) is 10.2. The smallest absolute Gasteiger partial charge is 0.188 e. The van der Waals surface area contributed by atoms with Crippen molar-refractivity contribution >= 4 is 31.9 Å². The van der Waals surface area contributed by atoms with Crippen molar-refractivity contribution in [1.82, 2.24) is 0 Å². The Morgan fingerprint density at radius 3 is 2.54 bits per heavy atom. The van der Waals surface area contributed by atoms with Crippen LogP contribution in [0.3, 0.4) is 0 Å². The first-order chi connectivity index (χ1) is 6.15. The van der Waals surface area contributed by atoms with Gasteiger partial charge in [-0.2, -0.15) is 0 Å². The molecule has 0 amide bonds. The average molecular weight is 310 g/mol. The van der Waals surface area contributed by atoms with Crippen LogP contribution >= 0.6 is 31.9 Å².